The highest BCUT2D eigenvalue weighted by Crippen LogP contribution is 2.29. The minimum Gasteiger partial charge on any atom is -0.335 e. The Morgan fingerprint density at radius 2 is 1.81 bits per heavy atom. The molecule has 0 saturated carbocycles. The maximum absolute atomic E-state index is 13.2. The van der Waals surface area contributed by atoms with E-state index >= 15 is 0 Å². The van der Waals surface area contributed by atoms with E-state index in [4.69, 9.17) is 0 Å². The van der Waals surface area contributed by atoms with Gasteiger partial charge in [0.05, 0.1) is 5.69 Å². The fourth-order valence-electron chi connectivity index (χ4n) is 3.72. The molecule has 146 valence electrons. The molecule has 0 spiro atoms. The number of nitrogens with zero attached hydrogens (tertiary/aromatic N) is 4. The van der Waals surface area contributed by atoms with Gasteiger partial charge in [0, 0.05) is 43.8 Å². The van der Waals surface area contributed by atoms with Crippen LogP contribution in [0, 0.1) is 6.92 Å². The number of hydrogen-bond acceptors (Lipinski definition) is 5. The van der Waals surface area contributed by atoms with Crippen molar-refractivity contribution in [1.29, 1.82) is 0 Å². The lowest BCUT2D eigenvalue weighted by Gasteiger charge is -2.44. The van der Waals surface area contributed by atoms with Gasteiger partial charge in [-0.25, -0.2) is 4.98 Å². The molecular weight excluding hydrogens is 356 g/mol. The third kappa shape index (κ3) is 4.57. The van der Waals surface area contributed by atoms with Crippen molar-refractivity contribution >= 4 is 17.2 Å². The van der Waals surface area contributed by atoms with Crippen LogP contribution in [-0.4, -0.2) is 77.9 Å². The molecule has 5 nitrogen and oxygen atoms in total. The van der Waals surface area contributed by atoms with E-state index in [0.29, 0.717) is 12.1 Å². The first-order chi connectivity index (χ1) is 12.9. The standard InChI is InChI=1S/C21H30N4OS/c1-15-13-24(14-16(2)25(15)12-11-23(4)5)21(26)19-17(3)22-20(27-19)18-9-7-6-8-10-18/h6-10,15-16H,11-14H2,1-5H3. The van der Waals surface area contributed by atoms with Crippen molar-refractivity contribution in [2.45, 2.75) is 32.9 Å². The van der Waals surface area contributed by atoms with Crippen LogP contribution in [0.3, 0.4) is 0 Å². The zero-order chi connectivity index (χ0) is 19.6. The molecule has 0 bridgehead atoms. The van der Waals surface area contributed by atoms with Crippen LogP contribution in [0.25, 0.3) is 10.6 Å². The molecule has 1 aromatic carbocycles. The summed E-state index contributed by atoms with van der Waals surface area (Å²) in [5, 5.41) is 0.919. The first kappa shape index (κ1) is 20.0. The Morgan fingerprint density at radius 1 is 1.19 bits per heavy atom. The molecule has 27 heavy (non-hydrogen) atoms. The summed E-state index contributed by atoms with van der Waals surface area (Å²) < 4.78 is 0. The second kappa shape index (κ2) is 8.50. The Kier molecular flexibility index (Phi) is 6.29. The molecule has 0 radical (unpaired) electrons. The summed E-state index contributed by atoms with van der Waals surface area (Å²) in [7, 11) is 4.21. The molecule has 1 aliphatic heterocycles. The first-order valence-corrected chi connectivity index (χ1v) is 10.4. The average Bonchev–Trinajstić information content (AvgIpc) is 3.02. The third-order valence-corrected chi connectivity index (χ3v) is 6.40. The van der Waals surface area contributed by atoms with Gasteiger partial charge in [0.25, 0.3) is 5.91 Å². The molecule has 1 aromatic heterocycles. The summed E-state index contributed by atoms with van der Waals surface area (Å²) in [6.07, 6.45) is 0. The monoisotopic (exact) mass is 386 g/mol. The van der Waals surface area contributed by atoms with Crippen LogP contribution < -0.4 is 0 Å². The van der Waals surface area contributed by atoms with E-state index in [-0.39, 0.29) is 5.91 Å². The summed E-state index contributed by atoms with van der Waals surface area (Å²) in [4.78, 5) is 25.4. The molecule has 3 rings (SSSR count). The number of aryl methyl sites for hydroxylation is 1. The number of hydrogen-bond donors (Lipinski definition) is 0. The summed E-state index contributed by atoms with van der Waals surface area (Å²) in [5.74, 6) is 0.123. The number of likely N-dealkylation sites (N-methyl/N-ethyl adjacent to an activating group) is 1. The molecule has 0 aliphatic carbocycles. The maximum Gasteiger partial charge on any atom is 0.265 e. The second-order valence-corrected chi connectivity index (χ2v) is 8.75. The smallest absolute Gasteiger partial charge is 0.265 e. The van der Waals surface area contributed by atoms with Crippen LogP contribution in [0.5, 0.6) is 0 Å². The van der Waals surface area contributed by atoms with E-state index < -0.39 is 0 Å². The zero-order valence-corrected chi connectivity index (χ0v) is 17.8. The fourth-order valence-corrected chi connectivity index (χ4v) is 4.76. The highest BCUT2D eigenvalue weighted by molar-refractivity contribution is 7.17. The lowest BCUT2D eigenvalue weighted by molar-refractivity contribution is 0.0285. The minimum atomic E-state index is 0.123. The summed E-state index contributed by atoms with van der Waals surface area (Å²) >= 11 is 1.51. The summed E-state index contributed by atoms with van der Waals surface area (Å²) in [6, 6.07) is 10.8. The van der Waals surface area contributed by atoms with E-state index in [9.17, 15) is 4.79 Å². The molecular formula is C21H30N4OS. The van der Waals surface area contributed by atoms with Crippen molar-refractivity contribution in [1.82, 2.24) is 19.7 Å². The van der Waals surface area contributed by atoms with Gasteiger partial charge in [-0.2, -0.15) is 0 Å². The normalized spacial score (nSPS) is 21.0. The number of carbonyl (C=O) groups excluding carboxylic acids is 1. The number of aromatic nitrogens is 1. The predicted molar refractivity (Wildman–Crippen MR) is 112 cm³/mol. The molecule has 6 heteroatoms. The van der Waals surface area contributed by atoms with E-state index in [1.54, 1.807) is 0 Å². The van der Waals surface area contributed by atoms with Crippen LogP contribution in [0.15, 0.2) is 30.3 Å². The highest BCUT2D eigenvalue weighted by atomic mass is 32.1. The van der Waals surface area contributed by atoms with Gasteiger partial charge in [0.1, 0.15) is 9.88 Å². The van der Waals surface area contributed by atoms with E-state index in [2.05, 4.69) is 42.7 Å². The second-order valence-electron chi connectivity index (χ2n) is 7.75. The maximum atomic E-state index is 13.2. The molecule has 2 heterocycles. The van der Waals surface area contributed by atoms with Crippen LogP contribution >= 0.6 is 11.3 Å². The lowest BCUT2D eigenvalue weighted by atomic mass is 10.1. The van der Waals surface area contributed by atoms with Crippen LogP contribution in [0.4, 0.5) is 0 Å². The van der Waals surface area contributed by atoms with Gasteiger partial charge in [0.15, 0.2) is 0 Å². The molecule has 2 aromatic rings. The fraction of sp³-hybridized carbons (Fsp3) is 0.524. The third-order valence-electron chi connectivity index (χ3n) is 5.21. The lowest BCUT2D eigenvalue weighted by Crippen LogP contribution is -2.59. The topological polar surface area (TPSA) is 39.7 Å². The van der Waals surface area contributed by atoms with Crippen LogP contribution in [0.2, 0.25) is 0 Å². The molecule has 2 unspecified atom stereocenters. The largest absolute Gasteiger partial charge is 0.335 e. The Labute approximate surface area is 166 Å². The van der Waals surface area contributed by atoms with Gasteiger partial charge in [-0.15, -0.1) is 11.3 Å². The zero-order valence-electron chi connectivity index (χ0n) is 17.0. The van der Waals surface area contributed by atoms with E-state index in [1.807, 2.05) is 42.2 Å². The number of piperazine rings is 1. The van der Waals surface area contributed by atoms with Gasteiger partial charge >= 0.3 is 0 Å². The van der Waals surface area contributed by atoms with Gasteiger partial charge in [-0.3, -0.25) is 9.69 Å². The molecule has 2 atom stereocenters. The number of amides is 1. The SMILES string of the molecule is Cc1nc(-c2ccccc2)sc1C(=O)N1CC(C)N(CCN(C)C)C(C)C1. The summed E-state index contributed by atoms with van der Waals surface area (Å²) in [5.41, 5.74) is 1.90. The predicted octanol–water partition coefficient (Wildman–Crippen LogP) is 3.21. The number of thiazole rings is 1. The van der Waals surface area contributed by atoms with Crippen LogP contribution in [-0.2, 0) is 0 Å². The minimum absolute atomic E-state index is 0.123. The van der Waals surface area contributed by atoms with Crippen LogP contribution in [0.1, 0.15) is 29.2 Å². The van der Waals surface area contributed by atoms with Crippen molar-refractivity contribution < 1.29 is 4.79 Å². The van der Waals surface area contributed by atoms with Crippen molar-refractivity contribution in [3.05, 3.63) is 40.9 Å². The molecule has 1 saturated heterocycles. The molecule has 0 N–H and O–H groups in total. The van der Waals surface area contributed by atoms with Gasteiger partial charge < -0.3 is 9.80 Å². The summed E-state index contributed by atoms with van der Waals surface area (Å²) in [6.45, 7) is 10.0. The first-order valence-electron chi connectivity index (χ1n) is 9.59. The molecule has 1 amide bonds. The number of benzene rings is 1. The Balaban J connectivity index is 1.73. The van der Waals surface area contributed by atoms with Gasteiger partial charge in [-0.05, 0) is 34.9 Å². The van der Waals surface area contributed by atoms with Crippen molar-refractivity contribution in [3.8, 4) is 10.6 Å². The van der Waals surface area contributed by atoms with Gasteiger partial charge in [0.2, 0.25) is 0 Å². The van der Waals surface area contributed by atoms with E-state index in [0.717, 1.165) is 47.3 Å². The average molecular weight is 387 g/mol. The number of rotatable bonds is 5. The van der Waals surface area contributed by atoms with Gasteiger partial charge in [-0.1, -0.05) is 30.3 Å². The quantitative estimate of drug-likeness (QED) is 0.791. The van der Waals surface area contributed by atoms with Crippen molar-refractivity contribution in [2.24, 2.45) is 0 Å². The molecule has 1 aliphatic rings. The number of carbonyl (C=O) groups is 1. The van der Waals surface area contributed by atoms with E-state index in [1.165, 1.54) is 11.3 Å². The Bertz CT molecular complexity index is 762. The Hall–Kier alpha value is -1.76. The van der Waals surface area contributed by atoms with Crippen molar-refractivity contribution in [2.75, 3.05) is 40.3 Å². The highest BCUT2D eigenvalue weighted by Gasteiger charge is 2.33. The Morgan fingerprint density at radius 3 is 2.41 bits per heavy atom. The van der Waals surface area contributed by atoms with Crippen molar-refractivity contribution in [3.63, 3.8) is 0 Å². The molecule has 1 fully saturated rings.